The number of aliphatic carboxylic acids is 2. The van der Waals surface area contributed by atoms with E-state index in [2.05, 4.69) is 15.5 Å². The fourth-order valence-electron chi connectivity index (χ4n) is 7.57. The molecule has 4 saturated heterocycles. The Hall–Kier alpha value is -4.39. The van der Waals surface area contributed by atoms with Crippen molar-refractivity contribution in [3.05, 3.63) is 45.1 Å². The number of carbonyl (C=O) groups is 5. The number of thioether (sulfide) groups is 1. The highest BCUT2D eigenvalue weighted by atomic mass is 35.5. The summed E-state index contributed by atoms with van der Waals surface area (Å²) in [5, 5.41) is 47.1. The Bertz CT molecular complexity index is 1910. The molecule has 0 radical (unpaired) electrons. The average molecular weight is 792 g/mol. The van der Waals surface area contributed by atoms with Gasteiger partial charge in [0.15, 0.2) is 28.1 Å². The number of amides is 2. The van der Waals surface area contributed by atoms with Gasteiger partial charge in [-0.2, -0.15) is 0 Å². The second-order valence-corrected chi connectivity index (χ2v) is 16.8. The van der Waals surface area contributed by atoms with E-state index in [-0.39, 0.29) is 44.7 Å². The second kappa shape index (κ2) is 14.8. The van der Waals surface area contributed by atoms with Crippen molar-refractivity contribution < 1.29 is 53.7 Å². The standard InChI is InChI=1S/C34H39ClN6O10S2/c1-16(2)27(32(49)50)51-39-24(20-14-53-33(36)38-20)22(43)11-19-29(46)40-25(31(47)48)17(13-52-30(19)40)12-41-8-5-34(6-9-41,7-10-41)15-37-28(45)18-3-4-21(42)26(44)23(18)35/h3-4,14,16,19,27,30H,5-13,15H2,1-2H3,(H6-,36,37,38,39,42,43,44,45,47,48,49,50)/p+1/t19-,27+,30-,34?,41?/m1/s1. The number of nitrogens with one attached hydrogen (secondary N) is 1. The van der Waals surface area contributed by atoms with Gasteiger partial charge < -0.3 is 40.8 Å². The van der Waals surface area contributed by atoms with Gasteiger partial charge in [0, 0.05) is 60.3 Å². The average Bonchev–Trinajstić information content (AvgIpc) is 3.55. The largest absolute Gasteiger partial charge is 0.504 e. The Balaban J connectivity index is 1.11. The summed E-state index contributed by atoms with van der Waals surface area (Å²) in [5.74, 6) is -5.95. The maximum atomic E-state index is 13.6. The minimum absolute atomic E-state index is 0.0515. The minimum atomic E-state index is -1.33. The van der Waals surface area contributed by atoms with Gasteiger partial charge in [0.2, 0.25) is 12.0 Å². The van der Waals surface area contributed by atoms with E-state index in [0.29, 0.717) is 28.9 Å². The van der Waals surface area contributed by atoms with Crippen LogP contribution in [0.2, 0.25) is 5.02 Å². The molecule has 1 aromatic carbocycles. The molecule has 53 heavy (non-hydrogen) atoms. The van der Waals surface area contributed by atoms with E-state index in [9.17, 15) is 44.4 Å². The molecule has 2 bridgehead atoms. The van der Waals surface area contributed by atoms with Crippen molar-refractivity contribution in [2.24, 2.45) is 22.4 Å². The molecule has 5 aliphatic rings. The summed E-state index contributed by atoms with van der Waals surface area (Å²) >= 11 is 8.54. The number of aromatic hydroxyl groups is 2. The molecule has 19 heteroatoms. The molecular formula is C34H40ClN6O10S2+. The molecule has 1 aromatic heterocycles. The van der Waals surface area contributed by atoms with Crippen LogP contribution in [0.4, 0.5) is 5.13 Å². The molecule has 0 aliphatic carbocycles. The van der Waals surface area contributed by atoms with E-state index in [4.69, 9.17) is 22.2 Å². The molecule has 7 rings (SSSR count). The number of carbonyl (C=O) groups excluding carboxylic acids is 3. The first kappa shape index (κ1) is 38.3. The zero-order valence-electron chi connectivity index (χ0n) is 28.9. The first-order valence-corrected chi connectivity index (χ1v) is 19.3. The van der Waals surface area contributed by atoms with Gasteiger partial charge in [-0.1, -0.05) is 30.6 Å². The number of ketones is 1. The van der Waals surface area contributed by atoms with E-state index < -0.39 is 64.3 Å². The number of aromatic nitrogens is 1. The predicted molar refractivity (Wildman–Crippen MR) is 194 cm³/mol. The molecule has 16 nitrogen and oxygen atoms in total. The Morgan fingerprint density at radius 1 is 1.17 bits per heavy atom. The molecule has 3 atom stereocenters. The van der Waals surface area contributed by atoms with Crippen molar-refractivity contribution >= 4 is 75.1 Å². The SMILES string of the molecule is CC(C)[C@H](O/N=C(\C(=O)C[C@@H]1C(=O)N2C(C(=O)O)=C(C[N+]34CCC(CNC(=O)c5ccc(O)c(O)c5Cl)(CC3)CC4)CS[C@H]12)c1csc(N)n1)C(=O)O. The van der Waals surface area contributed by atoms with Crippen molar-refractivity contribution in [3.63, 3.8) is 0 Å². The molecule has 0 unspecified atom stereocenters. The number of thiazole rings is 1. The number of hydrogen-bond acceptors (Lipinski definition) is 13. The number of carboxylic acids is 2. The molecule has 6 heterocycles. The Morgan fingerprint density at radius 3 is 2.43 bits per heavy atom. The van der Waals surface area contributed by atoms with Crippen LogP contribution < -0.4 is 11.1 Å². The van der Waals surface area contributed by atoms with E-state index >= 15 is 0 Å². The smallest absolute Gasteiger partial charge is 0.352 e. The first-order chi connectivity index (χ1) is 25.0. The van der Waals surface area contributed by atoms with Gasteiger partial charge in [-0.3, -0.25) is 19.3 Å². The molecular weight excluding hydrogens is 752 g/mol. The number of oxime groups is 1. The van der Waals surface area contributed by atoms with Crippen molar-refractivity contribution in [3.8, 4) is 11.5 Å². The zero-order valence-corrected chi connectivity index (χ0v) is 31.3. The van der Waals surface area contributed by atoms with Gasteiger partial charge in [0.05, 0.1) is 41.5 Å². The third-order valence-electron chi connectivity index (χ3n) is 10.7. The number of rotatable bonds is 14. The van der Waals surface area contributed by atoms with E-state index in [1.54, 1.807) is 13.8 Å². The van der Waals surface area contributed by atoms with Crippen LogP contribution in [0.1, 0.15) is 55.6 Å². The highest BCUT2D eigenvalue weighted by Crippen LogP contribution is 2.48. The van der Waals surface area contributed by atoms with Crippen LogP contribution in [0, 0.1) is 17.3 Å². The second-order valence-electron chi connectivity index (χ2n) is 14.4. The summed E-state index contributed by atoms with van der Waals surface area (Å²) in [6, 6.07) is 2.56. The fourth-order valence-corrected chi connectivity index (χ4v) is 9.76. The predicted octanol–water partition coefficient (Wildman–Crippen LogP) is 2.88. The van der Waals surface area contributed by atoms with E-state index in [1.165, 1.54) is 34.2 Å². The molecule has 5 aliphatic heterocycles. The number of nitrogen functional groups attached to an aromatic ring is 1. The van der Waals surface area contributed by atoms with Crippen LogP contribution >= 0.6 is 34.7 Å². The minimum Gasteiger partial charge on any atom is -0.504 e. The van der Waals surface area contributed by atoms with E-state index in [0.717, 1.165) is 50.2 Å². The van der Waals surface area contributed by atoms with Crippen LogP contribution in [0.3, 0.4) is 0 Å². The Labute approximate surface area is 317 Å². The van der Waals surface area contributed by atoms with Gasteiger partial charge in [0.25, 0.3) is 5.91 Å². The van der Waals surface area contributed by atoms with Gasteiger partial charge in [-0.15, -0.1) is 23.1 Å². The summed E-state index contributed by atoms with van der Waals surface area (Å²) in [7, 11) is 0. The highest BCUT2D eigenvalue weighted by Gasteiger charge is 2.56. The highest BCUT2D eigenvalue weighted by molar-refractivity contribution is 8.00. The third kappa shape index (κ3) is 7.41. The molecule has 7 N–H and O–H groups in total. The molecule has 4 fully saturated rings. The van der Waals surface area contributed by atoms with Crippen molar-refractivity contribution in [2.75, 3.05) is 44.2 Å². The third-order valence-corrected chi connectivity index (χ3v) is 13.2. The summed E-state index contributed by atoms with van der Waals surface area (Å²) < 4.78 is 0.666. The molecule has 2 aromatic rings. The quantitative estimate of drug-likeness (QED) is 0.0531. The molecule has 2 amide bonds. The number of quaternary nitrogens is 1. The lowest BCUT2D eigenvalue weighted by atomic mass is 9.70. The number of fused-ring (bicyclic) bond motifs is 4. The lowest BCUT2D eigenvalue weighted by Gasteiger charge is -2.56. The number of anilines is 1. The zero-order chi connectivity index (χ0) is 38.4. The van der Waals surface area contributed by atoms with Crippen LogP contribution in [0.25, 0.3) is 0 Å². The molecule has 0 spiro atoms. The first-order valence-electron chi connectivity index (χ1n) is 17.0. The van der Waals surface area contributed by atoms with Gasteiger partial charge in [0.1, 0.15) is 17.9 Å². The summed E-state index contributed by atoms with van der Waals surface area (Å²) in [5.41, 5.74) is 6.11. The number of carboxylic acid groups (broad SMARTS) is 2. The van der Waals surface area contributed by atoms with Crippen LogP contribution in [0.5, 0.6) is 11.5 Å². The number of phenols is 2. The maximum absolute atomic E-state index is 13.6. The molecule has 284 valence electrons. The van der Waals surface area contributed by atoms with Gasteiger partial charge >= 0.3 is 11.9 Å². The normalized spacial score (nSPS) is 25.8. The van der Waals surface area contributed by atoms with Crippen molar-refractivity contribution in [1.82, 2.24) is 15.2 Å². The number of phenolic OH excluding ortho intramolecular Hbond substituents is 2. The van der Waals surface area contributed by atoms with Crippen molar-refractivity contribution in [1.29, 1.82) is 0 Å². The monoisotopic (exact) mass is 791 g/mol. The van der Waals surface area contributed by atoms with E-state index in [1.807, 2.05) is 0 Å². The fraction of sp³-hybridized carbons (Fsp3) is 0.500. The lowest BCUT2D eigenvalue weighted by Crippen LogP contribution is -2.66. The number of β-lactam (4-membered cyclic amide) rings is 1. The van der Waals surface area contributed by atoms with Gasteiger partial charge in [-0.05, 0) is 12.1 Å². The van der Waals surface area contributed by atoms with Crippen molar-refractivity contribution in [2.45, 2.75) is 51.0 Å². The number of halogens is 1. The number of hydrogen-bond donors (Lipinski definition) is 6. The summed E-state index contributed by atoms with van der Waals surface area (Å²) in [6.07, 6.45) is 0.738. The number of benzene rings is 1. The number of nitrogens with zero attached hydrogens (tertiary/aromatic N) is 4. The van der Waals surface area contributed by atoms with Crippen LogP contribution in [0.15, 0.2) is 33.9 Å². The topological polar surface area (TPSA) is 242 Å². The summed E-state index contributed by atoms with van der Waals surface area (Å²) in [4.78, 5) is 75.1. The van der Waals surface area contributed by atoms with Crippen LogP contribution in [-0.4, -0.2) is 120 Å². The lowest BCUT2D eigenvalue weighted by molar-refractivity contribution is -0.941. The van der Waals surface area contributed by atoms with Crippen LogP contribution in [-0.2, 0) is 24.0 Å². The maximum Gasteiger partial charge on any atom is 0.352 e. The Kier molecular flexibility index (Phi) is 10.7. The Morgan fingerprint density at radius 2 is 1.85 bits per heavy atom. The van der Waals surface area contributed by atoms with Gasteiger partial charge in [-0.25, -0.2) is 14.6 Å². The molecule has 0 saturated carbocycles. The summed E-state index contributed by atoms with van der Waals surface area (Å²) in [6.45, 7) is 6.40. The number of Topliss-reactive ketones (excluding diaryl/α,β-unsaturated/α-hetero) is 1. The number of piperidine rings is 3. The number of nitrogens with two attached hydrogens (primary N) is 1.